The monoisotopic (exact) mass is 418 g/mol. The van der Waals surface area contributed by atoms with E-state index < -0.39 is 0 Å². The van der Waals surface area contributed by atoms with Gasteiger partial charge < -0.3 is 14.8 Å². The summed E-state index contributed by atoms with van der Waals surface area (Å²) in [6.45, 7) is 11.5. The second-order valence-corrected chi connectivity index (χ2v) is 6.79. The molecule has 2 aliphatic rings. The molecule has 6 nitrogen and oxygen atoms in total. The summed E-state index contributed by atoms with van der Waals surface area (Å²) in [4.78, 5) is 7.15. The third-order valence-corrected chi connectivity index (χ3v) is 4.37. The van der Waals surface area contributed by atoms with E-state index >= 15 is 0 Å². The highest BCUT2D eigenvalue weighted by Crippen LogP contribution is 2.28. The van der Waals surface area contributed by atoms with Crippen LogP contribution in [0.2, 0.25) is 0 Å². The predicted octanol–water partition coefficient (Wildman–Crippen LogP) is 2.04. The lowest BCUT2D eigenvalue weighted by Gasteiger charge is -2.23. The molecule has 0 saturated carbocycles. The molecular formula is C15H27IN6. The Labute approximate surface area is 149 Å². The van der Waals surface area contributed by atoms with E-state index in [0.29, 0.717) is 12.0 Å². The molecule has 3 rings (SSSR count). The summed E-state index contributed by atoms with van der Waals surface area (Å²) in [5, 5.41) is 11.9. The summed E-state index contributed by atoms with van der Waals surface area (Å²) in [7, 11) is 0. The van der Waals surface area contributed by atoms with Crippen molar-refractivity contribution < 1.29 is 0 Å². The number of hydrogen-bond donors (Lipinski definition) is 1. The van der Waals surface area contributed by atoms with Gasteiger partial charge in [-0.2, -0.15) is 0 Å². The standard InChI is InChI=1S/C15H26N6.HI/c1-4-16-14(20-9-7-15(2,3)11-20)17-10-13-19-18-12-6-5-8-21(12)13;/h4-11H2,1-3H3,(H,16,17);1H. The van der Waals surface area contributed by atoms with E-state index in [1.165, 1.54) is 12.8 Å². The van der Waals surface area contributed by atoms with Crippen LogP contribution >= 0.6 is 24.0 Å². The third kappa shape index (κ3) is 3.72. The van der Waals surface area contributed by atoms with Crippen LogP contribution in [0.3, 0.4) is 0 Å². The lowest BCUT2D eigenvalue weighted by atomic mass is 9.93. The van der Waals surface area contributed by atoms with Gasteiger partial charge in [-0.3, -0.25) is 0 Å². The van der Waals surface area contributed by atoms with E-state index in [0.717, 1.165) is 50.2 Å². The van der Waals surface area contributed by atoms with Crippen LogP contribution in [0.15, 0.2) is 4.99 Å². The van der Waals surface area contributed by atoms with E-state index in [1.54, 1.807) is 0 Å². The number of hydrogen-bond acceptors (Lipinski definition) is 3. The Morgan fingerprint density at radius 2 is 2.14 bits per heavy atom. The number of aromatic nitrogens is 3. The van der Waals surface area contributed by atoms with Crippen LogP contribution < -0.4 is 5.32 Å². The van der Waals surface area contributed by atoms with Crippen LogP contribution in [0, 0.1) is 5.41 Å². The molecule has 1 saturated heterocycles. The lowest BCUT2D eigenvalue weighted by molar-refractivity contribution is 0.370. The molecule has 1 aromatic heterocycles. The fraction of sp³-hybridized carbons (Fsp3) is 0.800. The van der Waals surface area contributed by atoms with Crippen molar-refractivity contribution in [2.24, 2.45) is 10.4 Å². The van der Waals surface area contributed by atoms with Gasteiger partial charge in [-0.25, -0.2) is 4.99 Å². The van der Waals surface area contributed by atoms with Crippen molar-refractivity contribution in [2.75, 3.05) is 19.6 Å². The number of aliphatic imine (C=N–C) groups is 1. The van der Waals surface area contributed by atoms with E-state index in [-0.39, 0.29) is 24.0 Å². The van der Waals surface area contributed by atoms with Crippen molar-refractivity contribution in [1.29, 1.82) is 0 Å². The summed E-state index contributed by atoms with van der Waals surface area (Å²) < 4.78 is 2.22. The Morgan fingerprint density at radius 3 is 2.82 bits per heavy atom. The zero-order valence-corrected chi connectivity index (χ0v) is 16.1. The molecule has 1 fully saturated rings. The summed E-state index contributed by atoms with van der Waals surface area (Å²) in [6, 6.07) is 0. The Bertz CT molecular complexity index is 536. The highest BCUT2D eigenvalue weighted by molar-refractivity contribution is 14.0. The molecule has 0 amide bonds. The van der Waals surface area contributed by atoms with Gasteiger partial charge in [0.2, 0.25) is 0 Å². The van der Waals surface area contributed by atoms with Gasteiger partial charge >= 0.3 is 0 Å². The number of rotatable bonds is 3. The minimum atomic E-state index is 0. The van der Waals surface area contributed by atoms with Crippen LogP contribution in [0.1, 0.15) is 45.3 Å². The van der Waals surface area contributed by atoms with E-state index in [2.05, 4.69) is 45.8 Å². The second kappa shape index (κ2) is 7.14. The van der Waals surface area contributed by atoms with Gasteiger partial charge in [-0.15, -0.1) is 34.2 Å². The molecule has 0 aliphatic carbocycles. The molecule has 0 bridgehead atoms. The van der Waals surface area contributed by atoms with Crippen LogP contribution in [-0.4, -0.2) is 45.3 Å². The van der Waals surface area contributed by atoms with E-state index in [4.69, 9.17) is 4.99 Å². The first-order valence-corrected chi connectivity index (χ1v) is 8.03. The summed E-state index contributed by atoms with van der Waals surface area (Å²) in [6.07, 6.45) is 3.46. The maximum atomic E-state index is 4.79. The molecule has 7 heteroatoms. The van der Waals surface area contributed by atoms with Gasteiger partial charge in [-0.05, 0) is 25.2 Å². The van der Waals surface area contributed by atoms with Gasteiger partial charge in [0, 0.05) is 32.6 Å². The SMILES string of the molecule is CCNC(=NCc1nnc2n1CCC2)N1CCC(C)(C)C1.I. The minimum absolute atomic E-state index is 0. The second-order valence-electron chi connectivity index (χ2n) is 6.79. The molecular weight excluding hydrogens is 391 g/mol. The third-order valence-electron chi connectivity index (χ3n) is 4.37. The molecule has 1 aromatic rings. The van der Waals surface area contributed by atoms with Crippen LogP contribution in [0.25, 0.3) is 0 Å². The topological polar surface area (TPSA) is 58.3 Å². The summed E-state index contributed by atoms with van der Waals surface area (Å²) in [5.41, 5.74) is 0.381. The number of nitrogens with zero attached hydrogens (tertiary/aromatic N) is 5. The van der Waals surface area contributed by atoms with Crippen molar-refractivity contribution in [3.05, 3.63) is 11.6 Å². The molecule has 22 heavy (non-hydrogen) atoms. The number of fused-ring (bicyclic) bond motifs is 1. The molecule has 3 heterocycles. The Kier molecular flexibility index (Phi) is 5.68. The van der Waals surface area contributed by atoms with Gasteiger partial charge in [0.25, 0.3) is 0 Å². The average molecular weight is 418 g/mol. The summed E-state index contributed by atoms with van der Waals surface area (Å²) >= 11 is 0. The maximum Gasteiger partial charge on any atom is 0.194 e. The van der Waals surface area contributed by atoms with E-state index in [1.807, 2.05) is 0 Å². The van der Waals surface area contributed by atoms with Gasteiger partial charge in [-0.1, -0.05) is 13.8 Å². The number of halogens is 1. The van der Waals surface area contributed by atoms with Crippen molar-refractivity contribution in [2.45, 2.75) is 53.1 Å². The van der Waals surface area contributed by atoms with Crippen molar-refractivity contribution in [3.63, 3.8) is 0 Å². The zero-order valence-electron chi connectivity index (χ0n) is 13.8. The zero-order chi connectivity index (χ0) is 14.9. The first-order chi connectivity index (χ1) is 10.1. The number of likely N-dealkylation sites (tertiary alicyclic amines) is 1. The number of guanidine groups is 1. The molecule has 0 radical (unpaired) electrons. The minimum Gasteiger partial charge on any atom is -0.357 e. The van der Waals surface area contributed by atoms with Crippen LogP contribution in [0.5, 0.6) is 0 Å². The first-order valence-electron chi connectivity index (χ1n) is 8.03. The number of aryl methyl sites for hydroxylation is 1. The van der Waals surface area contributed by atoms with Crippen molar-refractivity contribution in [1.82, 2.24) is 25.0 Å². The molecule has 0 atom stereocenters. The fourth-order valence-electron chi connectivity index (χ4n) is 3.19. The van der Waals surface area contributed by atoms with Crippen LogP contribution in [0.4, 0.5) is 0 Å². The molecule has 2 aliphatic heterocycles. The van der Waals surface area contributed by atoms with Gasteiger partial charge in [0.15, 0.2) is 11.8 Å². The predicted molar refractivity (Wildman–Crippen MR) is 98.5 cm³/mol. The molecule has 1 N–H and O–H groups in total. The first kappa shape index (κ1) is 17.5. The Balaban J connectivity index is 0.00000176. The quantitative estimate of drug-likeness (QED) is 0.464. The molecule has 0 unspecified atom stereocenters. The molecule has 0 aromatic carbocycles. The van der Waals surface area contributed by atoms with Crippen LogP contribution in [-0.2, 0) is 19.5 Å². The largest absolute Gasteiger partial charge is 0.357 e. The average Bonchev–Trinajstić information content (AvgIpc) is 3.10. The molecule has 124 valence electrons. The normalized spacial score (nSPS) is 20.0. The lowest BCUT2D eigenvalue weighted by Crippen LogP contribution is -2.40. The van der Waals surface area contributed by atoms with Crippen molar-refractivity contribution >= 4 is 29.9 Å². The molecule has 0 spiro atoms. The Morgan fingerprint density at radius 1 is 1.32 bits per heavy atom. The van der Waals surface area contributed by atoms with E-state index in [9.17, 15) is 0 Å². The van der Waals surface area contributed by atoms with Gasteiger partial charge in [0.1, 0.15) is 12.4 Å². The van der Waals surface area contributed by atoms with Crippen molar-refractivity contribution in [3.8, 4) is 0 Å². The fourth-order valence-corrected chi connectivity index (χ4v) is 3.19. The highest BCUT2D eigenvalue weighted by atomic mass is 127. The smallest absolute Gasteiger partial charge is 0.194 e. The number of nitrogens with one attached hydrogen (secondary N) is 1. The summed E-state index contributed by atoms with van der Waals surface area (Å²) in [5.74, 6) is 3.13. The highest BCUT2D eigenvalue weighted by Gasteiger charge is 2.31. The Hall–Kier alpha value is -0.860. The van der Waals surface area contributed by atoms with Gasteiger partial charge in [0.05, 0.1) is 0 Å². The maximum absolute atomic E-state index is 4.79.